The number of benzene rings is 2. The van der Waals surface area contributed by atoms with Crippen molar-refractivity contribution >= 4 is 16.9 Å². The largest absolute Gasteiger partial charge is 0.497 e. The second-order valence-corrected chi connectivity index (χ2v) is 6.75. The average Bonchev–Trinajstić information content (AvgIpc) is 3.09. The molecular formula is C21H23N3O3. The maximum absolute atomic E-state index is 12.7. The third-order valence-electron chi connectivity index (χ3n) is 5.18. The molecule has 2 heterocycles. The Kier molecular flexibility index (Phi) is 4.71. The van der Waals surface area contributed by atoms with Crippen LogP contribution in [0.2, 0.25) is 0 Å². The fraction of sp³-hybridized carbons (Fsp3) is 0.333. The van der Waals surface area contributed by atoms with Crippen LogP contribution in [-0.4, -0.2) is 29.7 Å². The first-order chi connectivity index (χ1) is 13.2. The first-order valence-corrected chi connectivity index (χ1v) is 9.12. The summed E-state index contributed by atoms with van der Waals surface area (Å²) in [5, 5.41) is 3.05. The Bertz CT molecular complexity index is 980. The highest BCUT2D eigenvalue weighted by atomic mass is 16.5. The highest BCUT2D eigenvalue weighted by Gasteiger charge is 2.27. The number of amides is 1. The van der Waals surface area contributed by atoms with Gasteiger partial charge in [-0.05, 0) is 36.8 Å². The van der Waals surface area contributed by atoms with E-state index in [1.54, 1.807) is 14.2 Å². The van der Waals surface area contributed by atoms with E-state index in [1.165, 1.54) is 0 Å². The van der Waals surface area contributed by atoms with Crippen LogP contribution in [0.4, 0.5) is 0 Å². The highest BCUT2D eigenvalue weighted by molar-refractivity contribution is 5.80. The van der Waals surface area contributed by atoms with E-state index in [4.69, 9.17) is 14.5 Å². The molecule has 0 spiro atoms. The minimum absolute atomic E-state index is 0.0539. The third kappa shape index (κ3) is 3.35. The van der Waals surface area contributed by atoms with E-state index in [2.05, 4.69) is 16.0 Å². The molecule has 1 unspecified atom stereocenters. The molecule has 1 aliphatic rings. The number of nitrogens with zero attached hydrogens (tertiary/aromatic N) is 2. The second-order valence-electron chi connectivity index (χ2n) is 6.75. The van der Waals surface area contributed by atoms with Crippen LogP contribution in [0.15, 0.2) is 42.5 Å². The lowest BCUT2D eigenvalue weighted by atomic mass is 9.96. The standard InChI is InChI=1S/C21H23N3O3/c1-26-16-7-8-19(27-2)15(11-16)13-22-21(25)14-9-10-24-18-6-4-3-5-17(18)23-20(24)12-14/h3-8,11,14H,9-10,12-13H2,1-2H3,(H,22,25). The molecule has 6 nitrogen and oxygen atoms in total. The smallest absolute Gasteiger partial charge is 0.223 e. The molecule has 27 heavy (non-hydrogen) atoms. The van der Waals surface area contributed by atoms with Gasteiger partial charge in [0.25, 0.3) is 0 Å². The Morgan fingerprint density at radius 1 is 1.22 bits per heavy atom. The van der Waals surface area contributed by atoms with Crippen LogP contribution in [0, 0.1) is 5.92 Å². The Balaban J connectivity index is 1.45. The normalized spacial score (nSPS) is 16.0. The summed E-state index contributed by atoms with van der Waals surface area (Å²) in [4.78, 5) is 17.4. The summed E-state index contributed by atoms with van der Waals surface area (Å²) >= 11 is 0. The maximum Gasteiger partial charge on any atom is 0.223 e. The number of hydrogen-bond acceptors (Lipinski definition) is 4. The summed E-state index contributed by atoms with van der Waals surface area (Å²) in [6, 6.07) is 13.7. The lowest BCUT2D eigenvalue weighted by Crippen LogP contribution is -2.35. The Morgan fingerprint density at radius 2 is 2.07 bits per heavy atom. The number of fused-ring (bicyclic) bond motifs is 3. The molecule has 3 aromatic rings. The Hall–Kier alpha value is -3.02. The minimum atomic E-state index is -0.0640. The first-order valence-electron chi connectivity index (χ1n) is 9.12. The summed E-state index contributed by atoms with van der Waals surface area (Å²) in [5.41, 5.74) is 3.04. The van der Waals surface area contributed by atoms with Gasteiger partial charge >= 0.3 is 0 Å². The Morgan fingerprint density at radius 3 is 2.89 bits per heavy atom. The van der Waals surface area contributed by atoms with Gasteiger partial charge in [-0.15, -0.1) is 0 Å². The summed E-state index contributed by atoms with van der Waals surface area (Å²) in [5.74, 6) is 2.46. The van der Waals surface area contributed by atoms with Gasteiger partial charge in [-0.2, -0.15) is 0 Å². The zero-order valence-corrected chi connectivity index (χ0v) is 15.6. The average molecular weight is 365 g/mol. The lowest BCUT2D eigenvalue weighted by molar-refractivity contribution is -0.125. The van der Waals surface area contributed by atoms with Gasteiger partial charge in [0.05, 0.1) is 25.3 Å². The van der Waals surface area contributed by atoms with Crippen LogP contribution in [-0.2, 0) is 24.3 Å². The van der Waals surface area contributed by atoms with Crippen molar-refractivity contribution in [3.05, 3.63) is 53.9 Å². The monoisotopic (exact) mass is 365 g/mol. The summed E-state index contributed by atoms with van der Waals surface area (Å²) in [6.07, 6.45) is 1.48. The van der Waals surface area contributed by atoms with E-state index in [0.29, 0.717) is 13.0 Å². The van der Waals surface area contributed by atoms with Crippen molar-refractivity contribution in [2.24, 2.45) is 5.92 Å². The van der Waals surface area contributed by atoms with Crippen molar-refractivity contribution in [3.8, 4) is 11.5 Å². The number of aromatic nitrogens is 2. The number of carbonyl (C=O) groups excluding carboxylic acids is 1. The number of ether oxygens (including phenoxy) is 2. The SMILES string of the molecule is COc1ccc(OC)c(CNC(=O)C2CCn3c(nc4ccccc43)C2)c1. The molecule has 4 rings (SSSR count). The van der Waals surface area contributed by atoms with Gasteiger partial charge in [0.1, 0.15) is 17.3 Å². The van der Waals surface area contributed by atoms with E-state index >= 15 is 0 Å². The van der Waals surface area contributed by atoms with Gasteiger partial charge in [0.15, 0.2) is 0 Å². The van der Waals surface area contributed by atoms with Gasteiger partial charge in [0, 0.05) is 31.0 Å². The number of rotatable bonds is 5. The molecule has 6 heteroatoms. The molecule has 0 saturated heterocycles. The van der Waals surface area contributed by atoms with Crippen LogP contribution in [0.25, 0.3) is 11.0 Å². The van der Waals surface area contributed by atoms with Gasteiger partial charge in [-0.1, -0.05) is 12.1 Å². The van der Waals surface area contributed by atoms with E-state index < -0.39 is 0 Å². The molecular weight excluding hydrogens is 342 g/mol. The van der Waals surface area contributed by atoms with E-state index in [0.717, 1.165) is 46.9 Å². The number of carbonyl (C=O) groups is 1. The number of nitrogens with one attached hydrogen (secondary N) is 1. The van der Waals surface area contributed by atoms with Gasteiger partial charge in [-0.25, -0.2) is 4.98 Å². The number of methoxy groups -OCH3 is 2. The quantitative estimate of drug-likeness (QED) is 0.755. The van der Waals surface area contributed by atoms with Crippen LogP contribution >= 0.6 is 0 Å². The number of aryl methyl sites for hydroxylation is 1. The van der Waals surface area contributed by atoms with E-state index in [1.807, 2.05) is 36.4 Å². The molecule has 0 fully saturated rings. The summed E-state index contributed by atoms with van der Waals surface area (Å²) < 4.78 is 12.9. The van der Waals surface area contributed by atoms with Crippen molar-refractivity contribution < 1.29 is 14.3 Å². The molecule has 0 aliphatic carbocycles. The van der Waals surface area contributed by atoms with Crippen molar-refractivity contribution in [2.75, 3.05) is 14.2 Å². The predicted octanol–water partition coefficient (Wildman–Crippen LogP) is 2.93. The molecule has 140 valence electrons. The Labute approximate surface area is 158 Å². The molecule has 1 amide bonds. The highest BCUT2D eigenvalue weighted by Crippen LogP contribution is 2.27. The minimum Gasteiger partial charge on any atom is -0.497 e. The fourth-order valence-corrected chi connectivity index (χ4v) is 3.71. The van der Waals surface area contributed by atoms with Crippen LogP contribution in [0.1, 0.15) is 17.8 Å². The molecule has 1 N–H and O–H groups in total. The topological polar surface area (TPSA) is 65.4 Å². The van der Waals surface area contributed by atoms with Crippen molar-refractivity contribution in [3.63, 3.8) is 0 Å². The van der Waals surface area contributed by atoms with Crippen molar-refractivity contribution in [1.29, 1.82) is 0 Å². The molecule has 1 aromatic heterocycles. The van der Waals surface area contributed by atoms with Crippen LogP contribution in [0.3, 0.4) is 0 Å². The molecule has 1 aliphatic heterocycles. The zero-order valence-electron chi connectivity index (χ0n) is 15.6. The fourth-order valence-electron chi connectivity index (χ4n) is 3.71. The summed E-state index contributed by atoms with van der Waals surface area (Å²) in [6.45, 7) is 1.22. The van der Waals surface area contributed by atoms with Crippen LogP contribution < -0.4 is 14.8 Å². The van der Waals surface area contributed by atoms with Gasteiger partial charge in [0.2, 0.25) is 5.91 Å². The lowest BCUT2D eigenvalue weighted by Gasteiger charge is -2.23. The zero-order chi connectivity index (χ0) is 18.8. The third-order valence-corrected chi connectivity index (χ3v) is 5.18. The molecule has 1 atom stereocenters. The van der Waals surface area contributed by atoms with E-state index in [-0.39, 0.29) is 11.8 Å². The molecule has 0 bridgehead atoms. The number of para-hydroxylation sites is 2. The molecule has 0 saturated carbocycles. The van der Waals surface area contributed by atoms with Gasteiger partial charge in [-0.3, -0.25) is 4.79 Å². The predicted molar refractivity (Wildman–Crippen MR) is 103 cm³/mol. The summed E-state index contributed by atoms with van der Waals surface area (Å²) in [7, 11) is 3.25. The van der Waals surface area contributed by atoms with Gasteiger partial charge < -0.3 is 19.4 Å². The second kappa shape index (κ2) is 7.31. The first kappa shape index (κ1) is 17.4. The van der Waals surface area contributed by atoms with E-state index in [9.17, 15) is 4.79 Å². The molecule has 0 radical (unpaired) electrons. The molecule has 2 aromatic carbocycles. The van der Waals surface area contributed by atoms with Crippen molar-refractivity contribution in [1.82, 2.24) is 14.9 Å². The number of hydrogen-bond donors (Lipinski definition) is 1. The van der Waals surface area contributed by atoms with Crippen LogP contribution in [0.5, 0.6) is 11.5 Å². The van der Waals surface area contributed by atoms with Crippen molar-refractivity contribution in [2.45, 2.75) is 25.9 Å². The maximum atomic E-state index is 12.7. The number of imidazole rings is 1.